The first-order valence-corrected chi connectivity index (χ1v) is 8.10. The SMILES string of the molecule is Cc1noc(C)c1CNc1nnc(-c2cc(Br)ccc2F)s1. The van der Waals surface area contributed by atoms with Crippen LogP contribution in [-0.2, 0) is 6.54 Å². The smallest absolute Gasteiger partial charge is 0.206 e. The number of rotatable bonds is 4. The molecule has 8 heteroatoms. The van der Waals surface area contributed by atoms with Gasteiger partial charge in [-0.2, -0.15) is 0 Å². The van der Waals surface area contributed by atoms with E-state index in [9.17, 15) is 4.39 Å². The molecule has 0 saturated heterocycles. The molecule has 0 saturated carbocycles. The number of aromatic nitrogens is 3. The van der Waals surface area contributed by atoms with Crippen molar-refractivity contribution < 1.29 is 8.91 Å². The van der Waals surface area contributed by atoms with E-state index in [0.29, 0.717) is 22.2 Å². The standard InChI is InChI=1S/C14H12BrFN4OS/c1-7-11(8(2)21-20-7)6-17-14-19-18-13(22-14)10-5-9(15)3-4-12(10)16/h3-5H,6H2,1-2H3,(H,17,19). The van der Waals surface area contributed by atoms with Gasteiger partial charge in [0.25, 0.3) is 0 Å². The summed E-state index contributed by atoms with van der Waals surface area (Å²) in [6, 6.07) is 4.74. The van der Waals surface area contributed by atoms with E-state index < -0.39 is 0 Å². The minimum Gasteiger partial charge on any atom is -0.361 e. The maximum absolute atomic E-state index is 13.9. The van der Waals surface area contributed by atoms with E-state index in [1.54, 1.807) is 12.1 Å². The zero-order valence-electron chi connectivity index (χ0n) is 11.9. The van der Waals surface area contributed by atoms with E-state index in [1.165, 1.54) is 17.4 Å². The van der Waals surface area contributed by atoms with Gasteiger partial charge in [0.15, 0.2) is 5.01 Å². The molecule has 0 atom stereocenters. The zero-order chi connectivity index (χ0) is 15.7. The fourth-order valence-corrected chi connectivity index (χ4v) is 3.10. The molecule has 1 aromatic carbocycles. The highest BCUT2D eigenvalue weighted by molar-refractivity contribution is 9.10. The third kappa shape index (κ3) is 3.02. The number of aryl methyl sites for hydroxylation is 2. The van der Waals surface area contributed by atoms with Gasteiger partial charge in [-0.05, 0) is 32.0 Å². The Balaban J connectivity index is 1.78. The average Bonchev–Trinajstić information content (AvgIpc) is 3.07. The van der Waals surface area contributed by atoms with Crippen LogP contribution in [0.15, 0.2) is 27.2 Å². The number of anilines is 1. The molecule has 3 aromatic rings. The Bertz CT molecular complexity index is 798. The molecular formula is C14H12BrFN4OS. The second-order valence-corrected chi connectivity index (χ2v) is 6.59. The van der Waals surface area contributed by atoms with Gasteiger partial charge < -0.3 is 9.84 Å². The van der Waals surface area contributed by atoms with Crippen molar-refractivity contribution >= 4 is 32.4 Å². The van der Waals surface area contributed by atoms with Crippen LogP contribution in [0.3, 0.4) is 0 Å². The van der Waals surface area contributed by atoms with Gasteiger partial charge in [0.05, 0.1) is 5.69 Å². The summed E-state index contributed by atoms with van der Waals surface area (Å²) in [7, 11) is 0. The third-order valence-corrected chi connectivity index (χ3v) is 4.59. The molecule has 0 amide bonds. The van der Waals surface area contributed by atoms with Gasteiger partial charge in [-0.3, -0.25) is 0 Å². The number of hydrogen-bond donors (Lipinski definition) is 1. The first-order valence-electron chi connectivity index (χ1n) is 6.49. The van der Waals surface area contributed by atoms with Crippen molar-refractivity contribution in [1.29, 1.82) is 0 Å². The Labute approximate surface area is 138 Å². The second kappa shape index (κ2) is 6.13. The van der Waals surface area contributed by atoms with E-state index >= 15 is 0 Å². The van der Waals surface area contributed by atoms with Gasteiger partial charge in [-0.15, -0.1) is 10.2 Å². The topological polar surface area (TPSA) is 63.8 Å². The molecule has 0 radical (unpaired) electrons. The molecule has 5 nitrogen and oxygen atoms in total. The first-order chi connectivity index (χ1) is 10.5. The van der Waals surface area contributed by atoms with Gasteiger partial charge in [0, 0.05) is 22.1 Å². The van der Waals surface area contributed by atoms with E-state index in [4.69, 9.17) is 4.52 Å². The molecule has 0 aliphatic rings. The van der Waals surface area contributed by atoms with E-state index in [0.717, 1.165) is 21.5 Å². The Hall–Kier alpha value is -1.80. The predicted octanol–water partition coefficient (Wildman–Crippen LogP) is 4.32. The first kappa shape index (κ1) is 15.1. The molecule has 0 aliphatic carbocycles. The van der Waals surface area contributed by atoms with Crippen molar-refractivity contribution in [3.63, 3.8) is 0 Å². The van der Waals surface area contributed by atoms with Crippen molar-refractivity contribution in [2.45, 2.75) is 20.4 Å². The van der Waals surface area contributed by atoms with Gasteiger partial charge in [-0.1, -0.05) is 32.4 Å². The highest BCUT2D eigenvalue weighted by atomic mass is 79.9. The number of benzene rings is 1. The van der Waals surface area contributed by atoms with Crippen LogP contribution in [0.1, 0.15) is 17.0 Å². The van der Waals surface area contributed by atoms with E-state index in [2.05, 4.69) is 36.6 Å². The lowest BCUT2D eigenvalue weighted by Gasteiger charge is -2.01. The molecule has 0 aliphatic heterocycles. The Morgan fingerprint density at radius 3 is 2.86 bits per heavy atom. The van der Waals surface area contributed by atoms with Crippen LogP contribution >= 0.6 is 27.3 Å². The maximum atomic E-state index is 13.9. The predicted molar refractivity (Wildman–Crippen MR) is 86.3 cm³/mol. The van der Waals surface area contributed by atoms with Gasteiger partial charge in [0.1, 0.15) is 11.6 Å². The summed E-state index contributed by atoms with van der Waals surface area (Å²) in [5.74, 6) is 0.449. The highest BCUT2D eigenvalue weighted by Gasteiger charge is 2.13. The van der Waals surface area contributed by atoms with Crippen molar-refractivity contribution in [2.24, 2.45) is 0 Å². The fraction of sp³-hybridized carbons (Fsp3) is 0.214. The summed E-state index contributed by atoms with van der Waals surface area (Å²) < 4.78 is 19.8. The molecule has 0 bridgehead atoms. The molecule has 0 spiro atoms. The minimum atomic E-state index is -0.323. The van der Waals surface area contributed by atoms with Crippen LogP contribution in [0, 0.1) is 19.7 Å². The summed E-state index contributed by atoms with van der Waals surface area (Å²) in [5, 5.41) is 16.3. The lowest BCUT2D eigenvalue weighted by atomic mass is 10.2. The lowest BCUT2D eigenvalue weighted by Crippen LogP contribution is -2.00. The van der Waals surface area contributed by atoms with Crippen molar-refractivity contribution in [2.75, 3.05) is 5.32 Å². The summed E-state index contributed by atoms with van der Waals surface area (Å²) in [6.45, 7) is 4.28. The number of nitrogens with zero attached hydrogens (tertiary/aromatic N) is 3. The molecule has 114 valence electrons. The zero-order valence-corrected chi connectivity index (χ0v) is 14.3. The van der Waals surface area contributed by atoms with Gasteiger partial charge >= 0.3 is 0 Å². The Morgan fingerprint density at radius 1 is 1.32 bits per heavy atom. The fourth-order valence-electron chi connectivity index (χ4n) is 1.98. The molecule has 2 heterocycles. The van der Waals surface area contributed by atoms with E-state index in [1.807, 2.05) is 13.8 Å². The monoisotopic (exact) mass is 382 g/mol. The van der Waals surface area contributed by atoms with Gasteiger partial charge in [0.2, 0.25) is 5.13 Å². The number of halogens is 2. The van der Waals surface area contributed by atoms with Crippen molar-refractivity contribution in [1.82, 2.24) is 15.4 Å². The summed E-state index contributed by atoms with van der Waals surface area (Å²) in [5.41, 5.74) is 2.26. The summed E-state index contributed by atoms with van der Waals surface area (Å²) >= 11 is 4.63. The average molecular weight is 383 g/mol. The number of hydrogen-bond acceptors (Lipinski definition) is 6. The van der Waals surface area contributed by atoms with Crippen LogP contribution in [0.4, 0.5) is 9.52 Å². The molecule has 1 N–H and O–H groups in total. The summed E-state index contributed by atoms with van der Waals surface area (Å²) in [4.78, 5) is 0. The van der Waals surface area contributed by atoms with E-state index in [-0.39, 0.29) is 5.82 Å². The molecule has 0 unspecified atom stereocenters. The van der Waals surface area contributed by atoms with Crippen LogP contribution in [0.5, 0.6) is 0 Å². The van der Waals surface area contributed by atoms with Crippen LogP contribution in [0.2, 0.25) is 0 Å². The third-order valence-electron chi connectivity index (χ3n) is 3.18. The van der Waals surface area contributed by atoms with Crippen molar-refractivity contribution in [3.8, 4) is 10.6 Å². The normalized spacial score (nSPS) is 10.9. The van der Waals surface area contributed by atoms with Crippen molar-refractivity contribution in [3.05, 3.63) is 45.5 Å². The molecule has 3 rings (SSSR count). The highest BCUT2D eigenvalue weighted by Crippen LogP contribution is 2.30. The Morgan fingerprint density at radius 2 is 2.14 bits per heavy atom. The molecular weight excluding hydrogens is 371 g/mol. The Kier molecular flexibility index (Phi) is 4.21. The molecule has 22 heavy (non-hydrogen) atoms. The molecule has 2 aromatic heterocycles. The molecule has 0 fully saturated rings. The quantitative estimate of drug-likeness (QED) is 0.727. The summed E-state index contributed by atoms with van der Waals surface area (Å²) in [6.07, 6.45) is 0. The number of nitrogens with one attached hydrogen (secondary N) is 1. The minimum absolute atomic E-state index is 0.323. The lowest BCUT2D eigenvalue weighted by molar-refractivity contribution is 0.392. The maximum Gasteiger partial charge on any atom is 0.206 e. The van der Waals surface area contributed by atoms with Crippen LogP contribution < -0.4 is 5.32 Å². The largest absolute Gasteiger partial charge is 0.361 e. The van der Waals surface area contributed by atoms with Gasteiger partial charge in [-0.25, -0.2) is 4.39 Å². The van der Waals surface area contributed by atoms with Crippen LogP contribution in [0.25, 0.3) is 10.6 Å². The van der Waals surface area contributed by atoms with Crippen LogP contribution in [-0.4, -0.2) is 15.4 Å². The second-order valence-electron chi connectivity index (χ2n) is 4.69.